The van der Waals surface area contributed by atoms with Crippen molar-refractivity contribution in [2.45, 2.75) is 19.1 Å². The van der Waals surface area contributed by atoms with Crippen molar-refractivity contribution >= 4 is 23.5 Å². The molecule has 1 amide bonds. The van der Waals surface area contributed by atoms with E-state index in [1.807, 2.05) is 0 Å². The Labute approximate surface area is 119 Å². The number of nitrogens with zero attached hydrogens (tertiary/aromatic N) is 1. The van der Waals surface area contributed by atoms with Crippen LogP contribution in [0.3, 0.4) is 0 Å². The predicted octanol–water partition coefficient (Wildman–Crippen LogP) is 1.79. The van der Waals surface area contributed by atoms with E-state index in [4.69, 9.17) is 21.4 Å². The number of carboxylic acid groups (broad SMARTS) is 1. The van der Waals surface area contributed by atoms with Gasteiger partial charge in [-0.05, 0) is 25.1 Å². The minimum absolute atomic E-state index is 0.0481. The zero-order chi connectivity index (χ0) is 14.9. The van der Waals surface area contributed by atoms with Gasteiger partial charge in [-0.15, -0.1) is 0 Å². The Morgan fingerprint density at radius 3 is 2.75 bits per heavy atom. The van der Waals surface area contributed by atoms with Crippen molar-refractivity contribution in [2.75, 3.05) is 13.1 Å². The number of amides is 1. The smallest absolute Gasteiger partial charge is 0.334 e. The van der Waals surface area contributed by atoms with E-state index in [-0.39, 0.29) is 29.8 Å². The minimum Gasteiger partial charge on any atom is -0.479 e. The van der Waals surface area contributed by atoms with Crippen LogP contribution in [0, 0.1) is 5.82 Å². The van der Waals surface area contributed by atoms with Gasteiger partial charge < -0.3 is 14.7 Å². The zero-order valence-electron chi connectivity index (χ0n) is 10.7. The van der Waals surface area contributed by atoms with E-state index in [1.165, 1.54) is 17.0 Å². The summed E-state index contributed by atoms with van der Waals surface area (Å²) in [5.41, 5.74) is 0.217. The van der Waals surface area contributed by atoms with Crippen molar-refractivity contribution < 1.29 is 23.8 Å². The summed E-state index contributed by atoms with van der Waals surface area (Å²) in [5.74, 6) is -2.12. The van der Waals surface area contributed by atoms with Crippen LogP contribution in [-0.4, -0.2) is 47.2 Å². The molecule has 1 heterocycles. The number of carboxylic acids is 1. The van der Waals surface area contributed by atoms with Crippen LogP contribution >= 0.6 is 11.6 Å². The van der Waals surface area contributed by atoms with Gasteiger partial charge in [0, 0.05) is 12.1 Å². The highest BCUT2D eigenvalue weighted by Gasteiger charge is 2.33. The van der Waals surface area contributed by atoms with E-state index >= 15 is 0 Å². The minimum atomic E-state index is -1.12. The summed E-state index contributed by atoms with van der Waals surface area (Å²) in [5, 5.41) is 8.83. The largest absolute Gasteiger partial charge is 0.479 e. The highest BCUT2D eigenvalue weighted by Crippen LogP contribution is 2.19. The Morgan fingerprint density at radius 2 is 2.15 bits per heavy atom. The third-order valence-electron chi connectivity index (χ3n) is 2.99. The van der Waals surface area contributed by atoms with E-state index in [0.717, 1.165) is 6.07 Å². The molecule has 1 aromatic rings. The molecule has 0 saturated carbocycles. The summed E-state index contributed by atoms with van der Waals surface area (Å²) in [6.45, 7) is 1.91. The molecule has 2 atom stereocenters. The Bertz CT molecular complexity index is 551. The average molecular weight is 302 g/mol. The summed E-state index contributed by atoms with van der Waals surface area (Å²) < 4.78 is 18.3. The maximum Gasteiger partial charge on any atom is 0.334 e. The SMILES string of the molecule is C[C@@H]1CN(C(=O)c2ccc(F)c(Cl)c2)CC(C(=O)O)O1. The molecule has 0 radical (unpaired) electrons. The van der Waals surface area contributed by atoms with Gasteiger partial charge in [0.05, 0.1) is 17.7 Å². The molecule has 1 fully saturated rings. The molecule has 1 N–H and O–H groups in total. The number of hydrogen-bond donors (Lipinski definition) is 1. The van der Waals surface area contributed by atoms with E-state index in [9.17, 15) is 14.0 Å². The van der Waals surface area contributed by atoms with Crippen molar-refractivity contribution in [3.05, 3.63) is 34.6 Å². The third kappa shape index (κ3) is 3.08. The molecule has 1 unspecified atom stereocenters. The third-order valence-corrected chi connectivity index (χ3v) is 3.28. The van der Waals surface area contributed by atoms with Crippen molar-refractivity contribution in [3.63, 3.8) is 0 Å². The van der Waals surface area contributed by atoms with Gasteiger partial charge in [-0.1, -0.05) is 11.6 Å². The second-order valence-electron chi connectivity index (χ2n) is 4.61. The topological polar surface area (TPSA) is 66.8 Å². The monoisotopic (exact) mass is 301 g/mol. The van der Waals surface area contributed by atoms with Gasteiger partial charge in [0.1, 0.15) is 5.82 Å². The van der Waals surface area contributed by atoms with Gasteiger partial charge in [0.15, 0.2) is 6.10 Å². The van der Waals surface area contributed by atoms with Crippen LogP contribution in [0.1, 0.15) is 17.3 Å². The molecule has 7 heteroatoms. The van der Waals surface area contributed by atoms with Crippen molar-refractivity contribution in [2.24, 2.45) is 0 Å². The van der Waals surface area contributed by atoms with Crippen LogP contribution in [0.4, 0.5) is 4.39 Å². The number of aliphatic carboxylic acids is 1. The van der Waals surface area contributed by atoms with E-state index in [0.29, 0.717) is 0 Å². The Kier molecular flexibility index (Phi) is 4.25. The summed E-state index contributed by atoms with van der Waals surface area (Å²) in [6.07, 6.45) is -1.44. The van der Waals surface area contributed by atoms with Crippen LogP contribution < -0.4 is 0 Å². The lowest BCUT2D eigenvalue weighted by atomic mass is 10.1. The number of hydrogen-bond acceptors (Lipinski definition) is 3. The maximum absolute atomic E-state index is 13.1. The Morgan fingerprint density at radius 1 is 1.45 bits per heavy atom. The molecule has 1 aliphatic rings. The highest BCUT2D eigenvalue weighted by molar-refractivity contribution is 6.31. The number of ether oxygens (including phenoxy) is 1. The summed E-state index contributed by atoms with van der Waals surface area (Å²) in [4.78, 5) is 24.6. The van der Waals surface area contributed by atoms with Gasteiger partial charge in [-0.25, -0.2) is 9.18 Å². The lowest BCUT2D eigenvalue weighted by Crippen LogP contribution is -2.51. The standard InChI is InChI=1S/C13H13ClFNO4/c1-7-5-16(6-11(20-7)13(18)19)12(17)8-2-3-10(15)9(14)4-8/h2-4,7,11H,5-6H2,1H3,(H,18,19)/t7-,11?/m1/s1. The van der Waals surface area contributed by atoms with Crippen LogP contribution in [-0.2, 0) is 9.53 Å². The second kappa shape index (κ2) is 5.76. The van der Waals surface area contributed by atoms with Crippen LogP contribution in [0.25, 0.3) is 0 Å². The molecule has 20 heavy (non-hydrogen) atoms. The Balaban J connectivity index is 2.19. The maximum atomic E-state index is 13.1. The number of halogens is 2. The fraction of sp³-hybridized carbons (Fsp3) is 0.385. The second-order valence-corrected chi connectivity index (χ2v) is 5.02. The zero-order valence-corrected chi connectivity index (χ0v) is 11.4. The first-order valence-electron chi connectivity index (χ1n) is 6.01. The van der Waals surface area contributed by atoms with Crippen molar-refractivity contribution in [1.82, 2.24) is 4.90 Å². The fourth-order valence-corrected chi connectivity index (χ4v) is 2.25. The van der Waals surface area contributed by atoms with Gasteiger partial charge in [0.25, 0.3) is 5.91 Å². The lowest BCUT2D eigenvalue weighted by Gasteiger charge is -2.35. The number of carbonyl (C=O) groups excluding carboxylic acids is 1. The van der Waals surface area contributed by atoms with Gasteiger partial charge in [0.2, 0.25) is 0 Å². The van der Waals surface area contributed by atoms with Gasteiger partial charge >= 0.3 is 5.97 Å². The summed E-state index contributed by atoms with van der Waals surface area (Å²) in [6, 6.07) is 3.66. The number of benzene rings is 1. The quantitative estimate of drug-likeness (QED) is 0.904. The first kappa shape index (κ1) is 14.7. The van der Waals surface area contributed by atoms with Crippen LogP contribution in [0.5, 0.6) is 0 Å². The number of rotatable bonds is 2. The van der Waals surface area contributed by atoms with E-state index < -0.39 is 23.8 Å². The molecule has 1 aliphatic heterocycles. The normalized spacial score (nSPS) is 22.6. The van der Waals surface area contributed by atoms with E-state index in [2.05, 4.69) is 0 Å². The van der Waals surface area contributed by atoms with Crippen LogP contribution in [0.15, 0.2) is 18.2 Å². The lowest BCUT2D eigenvalue weighted by molar-refractivity contribution is -0.160. The molecular weight excluding hydrogens is 289 g/mol. The molecule has 1 aromatic carbocycles. The molecule has 0 aliphatic carbocycles. The molecule has 0 bridgehead atoms. The van der Waals surface area contributed by atoms with Crippen molar-refractivity contribution in [1.29, 1.82) is 0 Å². The number of carbonyl (C=O) groups is 2. The molecule has 2 rings (SSSR count). The van der Waals surface area contributed by atoms with Crippen LogP contribution in [0.2, 0.25) is 5.02 Å². The molecule has 0 aromatic heterocycles. The summed E-state index contributed by atoms with van der Waals surface area (Å²) in [7, 11) is 0. The molecule has 0 spiro atoms. The first-order valence-corrected chi connectivity index (χ1v) is 6.39. The van der Waals surface area contributed by atoms with Gasteiger partial charge in [-0.2, -0.15) is 0 Å². The van der Waals surface area contributed by atoms with Crippen molar-refractivity contribution in [3.8, 4) is 0 Å². The van der Waals surface area contributed by atoms with Gasteiger partial charge in [-0.3, -0.25) is 4.79 Å². The average Bonchev–Trinajstić information content (AvgIpc) is 2.40. The summed E-state index contributed by atoms with van der Waals surface area (Å²) >= 11 is 5.64. The van der Waals surface area contributed by atoms with E-state index in [1.54, 1.807) is 6.92 Å². The Hall–Kier alpha value is -1.66. The first-order chi connectivity index (χ1) is 9.38. The molecule has 1 saturated heterocycles. The highest BCUT2D eigenvalue weighted by atomic mass is 35.5. The molecular formula is C13H13ClFNO4. The predicted molar refractivity (Wildman–Crippen MR) is 69.3 cm³/mol. The number of morpholine rings is 1. The molecule has 5 nitrogen and oxygen atoms in total. The molecule has 108 valence electrons. The fourth-order valence-electron chi connectivity index (χ4n) is 2.07.